The van der Waals surface area contributed by atoms with Gasteiger partial charge in [-0.25, -0.2) is 9.37 Å². The number of aromatic nitrogens is 1. The predicted octanol–water partition coefficient (Wildman–Crippen LogP) is 4.31. The van der Waals surface area contributed by atoms with Crippen molar-refractivity contribution in [3.63, 3.8) is 0 Å². The Kier molecular flexibility index (Phi) is 5.23. The van der Waals surface area contributed by atoms with E-state index >= 15 is 0 Å². The maximum Gasteiger partial charge on any atom is 0.260 e. The number of piperidine rings is 1. The molecule has 0 aliphatic carbocycles. The smallest absolute Gasteiger partial charge is 0.254 e. The fourth-order valence-corrected chi connectivity index (χ4v) is 3.76. The molecule has 142 valence electrons. The van der Waals surface area contributed by atoms with Crippen molar-refractivity contribution in [1.29, 1.82) is 5.26 Å². The number of allylic oxidation sites excluding steroid dienone is 1. The Labute approximate surface area is 168 Å². The molecule has 1 aromatic heterocycles. The first kappa shape index (κ1) is 18.8. The summed E-state index contributed by atoms with van der Waals surface area (Å²) in [6.45, 7) is 2.22. The zero-order valence-electron chi connectivity index (χ0n) is 15.3. The minimum Gasteiger partial charge on any atom is -0.254 e. The van der Waals surface area contributed by atoms with E-state index in [1.807, 2.05) is 18.3 Å². The summed E-state index contributed by atoms with van der Waals surface area (Å²) in [6.07, 6.45) is 7.07. The number of benzene rings is 1. The van der Waals surface area contributed by atoms with Crippen molar-refractivity contribution >= 4 is 23.1 Å². The zero-order valence-corrected chi connectivity index (χ0v) is 16.1. The number of nitriles is 1. The van der Waals surface area contributed by atoms with Crippen molar-refractivity contribution in [2.24, 2.45) is 11.0 Å². The Morgan fingerprint density at radius 2 is 2.00 bits per heavy atom. The summed E-state index contributed by atoms with van der Waals surface area (Å²) < 4.78 is 14.4. The molecular weight excluding hydrogens is 377 g/mol. The number of nitrogens with zero attached hydrogens (tertiary/aromatic N) is 5. The lowest BCUT2D eigenvalue weighted by Crippen LogP contribution is -2.49. The van der Waals surface area contributed by atoms with Crippen LogP contribution in [0.25, 0.3) is 0 Å². The lowest BCUT2D eigenvalue weighted by atomic mass is 9.99. The molecule has 0 bridgehead atoms. The second-order valence-corrected chi connectivity index (χ2v) is 7.54. The molecular formula is C21H20ClFN5+. The van der Waals surface area contributed by atoms with Gasteiger partial charge in [0.2, 0.25) is 0 Å². The third-order valence-electron chi connectivity index (χ3n) is 5.21. The normalized spacial score (nSPS) is 22.8. The molecule has 3 heterocycles. The van der Waals surface area contributed by atoms with Crippen LogP contribution in [0.15, 0.2) is 60.0 Å². The van der Waals surface area contributed by atoms with Gasteiger partial charge in [-0.3, -0.25) is 4.90 Å². The molecule has 0 spiro atoms. The first-order valence-electron chi connectivity index (χ1n) is 9.26. The molecule has 28 heavy (non-hydrogen) atoms. The second-order valence-electron chi connectivity index (χ2n) is 7.10. The van der Waals surface area contributed by atoms with Crippen molar-refractivity contribution in [2.45, 2.75) is 12.8 Å². The van der Waals surface area contributed by atoms with Gasteiger partial charge in [-0.15, -0.1) is 4.59 Å². The highest BCUT2D eigenvalue weighted by Crippen LogP contribution is 2.31. The maximum absolute atomic E-state index is 14.3. The quantitative estimate of drug-likeness (QED) is 0.724. The molecule has 1 fully saturated rings. The van der Waals surface area contributed by atoms with Crippen LogP contribution in [-0.2, 0) is 0 Å². The van der Waals surface area contributed by atoms with Crippen LogP contribution >= 0.6 is 11.6 Å². The molecule has 0 amide bonds. The number of quaternary nitrogens is 1. The highest BCUT2D eigenvalue weighted by Gasteiger charge is 2.38. The van der Waals surface area contributed by atoms with Gasteiger partial charge in [-0.05, 0) is 31.0 Å². The summed E-state index contributed by atoms with van der Waals surface area (Å²) in [6, 6.07) is 12.6. The molecule has 0 saturated carbocycles. The molecule has 0 N–H and O–H groups in total. The fraction of sp³-hybridized carbons (Fsp3) is 0.286. The summed E-state index contributed by atoms with van der Waals surface area (Å²) in [5.74, 6) is 0.532. The molecule has 2 aliphatic rings. The summed E-state index contributed by atoms with van der Waals surface area (Å²) in [4.78, 5) is 6.77. The van der Waals surface area contributed by atoms with E-state index < -0.39 is 0 Å². The van der Waals surface area contributed by atoms with E-state index in [4.69, 9.17) is 22.0 Å². The van der Waals surface area contributed by atoms with Gasteiger partial charge >= 0.3 is 0 Å². The topological polar surface area (TPSA) is 52.3 Å². The van der Waals surface area contributed by atoms with Crippen LogP contribution in [0.1, 0.15) is 18.4 Å². The van der Waals surface area contributed by atoms with Crippen LogP contribution in [0.4, 0.5) is 10.2 Å². The second kappa shape index (κ2) is 7.80. The van der Waals surface area contributed by atoms with E-state index in [1.165, 1.54) is 6.07 Å². The van der Waals surface area contributed by atoms with Gasteiger partial charge < -0.3 is 0 Å². The SMILES string of the molecule is N#CC1CCN(C[N+]2(c3ccc(Cl)cn3)C=CC(c3ccccc3F)=N2)CC1. The number of hydrogen-bond acceptors (Lipinski definition) is 4. The molecule has 7 heteroatoms. The van der Waals surface area contributed by atoms with Crippen LogP contribution < -0.4 is 4.59 Å². The highest BCUT2D eigenvalue weighted by molar-refractivity contribution is 6.30. The maximum atomic E-state index is 14.3. The van der Waals surface area contributed by atoms with E-state index in [9.17, 15) is 4.39 Å². The molecule has 4 rings (SSSR count). The van der Waals surface area contributed by atoms with Crippen LogP contribution in [0.5, 0.6) is 0 Å². The van der Waals surface area contributed by atoms with Crippen LogP contribution in [-0.4, -0.2) is 35.4 Å². The van der Waals surface area contributed by atoms with Crippen LogP contribution in [0.3, 0.4) is 0 Å². The highest BCUT2D eigenvalue weighted by atomic mass is 35.5. The lowest BCUT2D eigenvalue weighted by molar-refractivity contribution is 0.137. The van der Waals surface area contributed by atoms with Crippen molar-refractivity contribution in [3.05, 3.63) is 71.3 Å². The number of likely N-dealkylation sites (tertiary alicyclic amines) is 1. The molecule has 2 aromatic rings. The average Bonchev–Trinajstić information content (AvgIpc) is 3.14. The molecule has 1 unspecified atom stereocenters. The Morgan fingerprint density at radius 1 is 1.21 bits per heavy atom. The number of rotatable bonds is 4. The van der Waals surface area contributed by atoms with Gasteiger partial charge in [0.25, 0.3) is 5.82 Å². The van der Waals surface area contributed by atoms with Crippen LogP contribution in [0.2, 0.25) is 5.02 Å². The summed E-state index contributed by atoms with van der Waals surface area (Å²) in [5, 5.41) is 14.6. The van der Waals surface area contributed by atoms with E-state index in [1.54, 1.807) is 30.5 Å². The Balaban J connectivity index is 1.68. The number of pyridine rings is 1. The van der Waals surface area contributed by atoms with E-state index in [-0.39, 0.29) is 16.3 Å². The van der Waals surface area contributed by atoms with Crippen molar-refractivity contribution in [1.82, 2.24) is 14.5 Å². The average molecular weight is 397 g/mol. The molecule has 5 nitrogen and oxygen atoms in total. The minimum absolute atomic E-state index is 0.116. The first-order valence-corrected chi connectivity index (χ1v) is 9.64. The van der Waals surface area contributed by atoms with Crippen molar-refractivity contribution in [3.8, 4) is 6.07 Å². The Morgan fingerprint density at radius 3 is 2.68 bits per heavy atom. The first-order chi connectivity index (χ1) is 13.6. The third-order valence-corrected chi connectivity index (χ3v) is 5.43. The zero-order chi connectivity index (χ0) is 19.6. The summed E-state index contributed by atoms with van der Waals surface area (Å²) in [7, 11) is 0. The van der Waals surface area contributed by atoms with E-state index in [0.29, 0.717) is 23.0 Å². The number of halogens is 2. The Bertz CT molecular complexity index is 958. The predicted molar refractivity (Wildman–Crippen MR) is 108 cm³/mol. The third kappa shape index (κ3) is 3.69. The van der Waals surface area contributed by atoms with Gasteiger partial charge in [0.05, 0.1) is 17.3 Å². The molecule has 0 radical (unpaired) electrons. The largest absolute Gasteiger partial charge is 0.260 e. The van der Waals surface area contributed by atoms with Gasteiger partial charge in [-0.1, -0.05) is 28.8 Å². The molecule has 1 aromatic carbocycles. The standard InChI is InChI=1S/C21H20ClFN5/c22-17-5-6-21(25-14-17)28(15-27-10-7-16(13-24)8-11-27)12-9-20(26-28)18-3-1-2-4-19(18)23/h1-6,9,12,14,16H,7-8,10-11,15H2/q+1. The molecule has 1 saturated heterocycles. The van der Waals surface area contributed by atoms with Crippen molar-refractivity contribution < 1.29 is 4.39 Å². The van der Waals surface area contributed by atoms with E-state index in [0.717, 1.165) is 31.7 Å². The minimum atomic E-state index is -0.301. The molecule has 1 atom stereocenters. The lowest BCUT2D eigenvalue weighted by Gasteiger charge is -2.34. The van der Waals surface area contributed by atoms with Gasteiger partial charge in [0.1, 0.15) is 17.7 Å². The van der Waals surface area contributed by atoms with Crippen molar-refractivity contribution in [2.75, 3.05) is 19.8 Å². The van der Waals surface area contributed by atoms with Gasteiger partial charge in [-0.2, -0.15) is 5.26 Å². The Hall–Kier alpha value is -2.59. The van der Waals surface area contributed by atoms with Crippen LogP contribution in [0, 0.1) is 23.1 Å². The monoisotopic (exact) mass is 396 g/mol. The number of hydrogen-bond donors (Lipinski definition) is 0. The fourth-order valence-electron chi connectivity index (χ4n) is 3.65. The summed E-state index contributed by atoms with van der Waals surface area (Å²) >= 11 is 6.02. The van der Waals surface area contributed by atoms with Gasteiger partial charge in [0, 0.05) is 36.7 Å². The molecule has 2 aliphatic heterocycles. The van der Waals surface area contributed by atoms with Gasteiger partial charge in [0.15, 0.2) is 6.67 Å². The van der Waals surface area contributed by atoms with E-state index in [2.05, 4.69) is 16.0 Å². The summed E-state index contributed by atoms with van der Waals surface area (Å²) in [5.41, 5.74) is 1.05.